The molecule has 0 unspecified atom stereocenters. The van der Waals surface area contributed by atoms with Gasteiger partial charge in [0.05, 0.1) is 0 Å². The molecule has 0 atom stereocenters. The van der Waals surface area contributed by atoms with Crippen LogP contribution in [-0.2, 0) is 25.8 Å². The standard InChI is InChI=1S/3C2H5.CH3.Hf.H2N/c3*1-2;;;/h3*1H2,2H3;1H3;;1H2/q4*-1;;-1. The number of hydrogen-bond acceptors (Lipinski definition) is 0. The molecule has 62 valence electrons. The Morgan fingerprint density at radius 1 is 0.667 bits per heavy atom. The van der Waals surface area contributed by atoms with Crippen LogP contribution in [-0.4, -0.2) is 0 Å². The summed E-state index contributed by atoms with van der Waals surface area (Å²) in [7, 11) is 0. The van der Waals surface area contributed by atoms with Gasteiger partial charge in [-0.3, -0.25) is 0 Å². The first-order valence-electron chi connectivity index (χ1n) is 2.12. The molecule has 0 rings (SSSR count). The van der Waals surface area contributed by atoms with Crippen LogP contribution in [0.2, 0.25) is 0 Å². The summed E-state index contributed by atoms with van der Waals surface area (Å²) in [4.78, 5) is 0. The molecule has 0 aromatic rings. The second-order valence-electron chi connectivity index (χ2n) is 0. The molecular formula is C7H20HfN-5. The Hall–Kier alpha value is 0.830. The van der Waals surface area contributed by atoms with Gasteiger partial charge in [-0.05, 0) is 0 Å². The van der Waals surface area contributed by atoms with Gasteiger partial charge in [-0.25, -0.2) is 0 Å². The average Bonchev–Trinajstić information content (AvgIpc) is 1.81. The zero-order valence-electron chi connectivity index (χ0n) is 7.20. The fraction of sp³-hybridized carbons (Fsp3) is 0.429. The minimum atomic E-state index is 0. The van der Waals surface area contributed by atoms with E-state index in [4.69, 9.17) is 0 Å². The summed E-state index contributed by atoms with van der Waals surface area (Å²) in [5, 5.41) is 0. The Morgan fingerprint density at radius 2 is 0.667 bits per heavy atom. The third-order valence-electron chi connectivity index (χ3n) is 0. The Labute approximate surface area is 81.0 Å². The van der Waals surface area contributed by atoms with Gasteiger partial charge in [-0.2, -0.15) is 20.8 Å². The molecule has 1 nitrogen and oxygen atoms in total. The molecule has 9 heavy (non-hydrogen) atoms. The molecule has 0 radical (unpaired) electrons. The summed E-state index contributed by atoms with van der Waals surface area (Å²) >= 11 is 0. The van der Waals surface area contributed by atoms with Crippen molar-refractivity contribution in [1.82, 2.24) is 0 Å². The number of hydrogen-bond donors (Lipinski definition) is 0. The number of nitrogens with two attached hydrogens (primary N) is 1. The molecule has 0 aromatic carbocycles. The molecule has 0 saturated heterocycles. The van der Waals surface area contributed by atoms with E-state index in [1.54, 1.807) is 20.8 Å². The molecule has 0 fully saturated rings. The fourth-order valence-corrected chi connectivity index (χ4v) is 0. The Balaban J connectivity index is -0.00000000321. The van der Waals surface area contributed by atoms with E-state index in [1.165, 1.54) is 0 Å². The first-order valence-corrected chi connectivity index (χ1v) is 2.12. The quantitative estimate of drug-likeness (QED) is 0.483. The molecule has 0 aliphatic heterocycles. The maximum Gasteiger partial charge on any atom is 0 e. The summed E-state index contributed by atoms with van der Waals surface area (Å²) in [6.45, 7) is 15.0. The minimum Gasteiger partial charge on any atom is -0.693 e. The van der Waals surface area contributed by atoms with Crippen molar-refractivity contribution in [3.05, 3.63) is 34.3 Å². The van der Waals surface area contributed by atoms with Crippen molar-refractivity contribution >= 4 is 0 Å². The Morgan fingerprint density at radius 3 is 0.667 bits per heavy atom. The van der Waals surface area contributed by atoms with E-state index in [1.807, 2.05) is 0 Å². The van der Waals surface area contributed by atoms with Crippen LogP contribution >= 0.6 is 0 Å². The van der Waals surface area contributed by atoms with E-state index >= 15 is 0 Å². The summed E-state index contributed by atoms with van der Waals surface area (Å²) in [6, 6.07) is 0. The zero-order chi connectivity index (χ0) is 6.00. The first-order chi connectivity index (χ1) is 3.00. The summed E-state index contributed by atoms with van der Waals surface area (Å²) in [5.41, 5.74) is 0. The third-order valence-corrected chi connectivity index (χ3v) is 0. The minimum absolute atomic E-state index is 0. The van der Waals surface area contributed by atoms with Gasteiger partial charge < -0.3 is 34.3 Å². The number of rotatable bonds is 0. The van der Waals surface area contributed by atoms with Crippen LogP contribution in [0.5, 0.6) is 0 Å². The van der Waals surface area contributed by atoms with Crippen LogP contribution < -0.4 is 0 Å². The predicted molar refractivity (Wildman–Crippen MR) is 44.8 cm³/mol. The third kappa shape index (κ3) is 598. The van der Waals surface area contributed by atoms with Crippen LogP contribution in [0, 0.1) is 28.2 Å². The van der Waals surface area contributed by atoms with Gasteiger partial charge in [-0.1, -0.05) is 0 Å². The summed E-state index contributed by atoms with van der Waals surface area (Å²) in [5.74, 6) is 0. The zero-order valence-corrected chi connectivity index (χ0v) is 10.8. The van der Waals surface area contributed by atoms with Gasteiger partial charge in [0.25, 0.3) is 0 Å². The van der Waals surface area contributed by atoms with Gasteiger partial charge >= 0.3 is 0 Å². The van der Waals surface area contributed by atoms with Crippen LogP contribution in [0.1, 0.15) is 20.8 Å². The van der Waals surface area contributed by atoms with Gasteiger partial charge in [0.15, 0.2) is 0 Å². The van der Waals surface area contributed by atoms with E-state index in [9.17, 15) is 0 Å². The molecule has 0 aromatic heterocycles. The van der Waals surface area contributed by atoms with E-state index in [0.717, 1.165) is 0 Å². The SMILES string of the molecule is [CH2-]C.[CH2-]C.[CH2-]C.[CH3-].[Hf].[NH2-]. The van der Waals surface area contributed by atoms with Crippen LogP contribution in [0.25, 0.3) is 6.15 Å². The average molecular weight is 297 g/mol. The van der Waals surface area contributed by atoms with Gasteiger partial charge in [0.2, 0.25) is 0 Å². The van der Waals surface area contributed by atoms with Crippen molar-refractivity contribution in [1.29, 1.82) is 0 Å². The molecular weight excluding hydrogens is 277 g/mol. The van der Waals surface area contributed by atoms with Crippen LogP contribution in [0.4, 0.5) is 0 Å². The largest absolute Gasteiger partial charge is 0.693 e. The van der Waals surface area contributed by atoms with Crippen molar-refractivity contribution in [2.45, 2.75) is 20.8 Å². The first kappa shape index (κ1) is 52.2. The van der Waals surface area contributed by atoms with Crippen molar-refractivity contribution in [3.63, 3.8) is 0 Å². The van der Waals surface area contributed by atoms with Crippen molar-refractivity contribution < 1.29 is 25.8 Å². The normalized spacial score (nSPS) is 2.00. The van der Waals surface area contributed by atoms with Gasteiger partial charge in [-0.15, -0.1) is 0 Å². The second-order valence-corrected chi connectivity index (χ2v) is 0. The molecule has 2 heteroatoms. The summed E-state index contributed by atoms with van der Waals surface area (Å²) in [6.07, 6.45) is 0. The second kappa shape index (κ2) is 786. The molecule has 0 aliphatic carbocycles. The monoisotopic (exact) mass is 298 g/mol. The van der Waals surface area contributed by atoms with E-state index in [-0.39, 0.29) is 39.4 Å². The van der Waals surface area contributed by atoms with Crippen molar-refractivity contribution in [3.8, 4) is 0 Å². The van der Waals surface area contributed by atoms with E-state index in [2.05, 4.69) is 20.8 Å². The molecule has 0 saturated carbocycles. The van der Waals surface area contributed by atoms with Crippen molar-refractivity contribution in [2.75, 3.05) is 0 Å². The van der Waals surface area contributed by atoms with E-state index < -0.39 is 0 Å². The molecule has 0 spiro atoms. The van der Waals surface area contributed by atoms with Gasteiger partial charge in [0.1, 0.15) is 0 Å². The Bertz CT molecular complexity index is 8.88. The smallest absolute Gasteiger partial charge is 0 e. The molecule has 0 amide bonds. The fourth-order valence-electron chi connectivity index (χ4n) is 0. The summed E-state index contributed by atoms with van der Waals surface area (Å²) < 4.78 is 0. The van der Waals surface area contributed by atoms with Crippen LogP contribution in [0.3, 0.4) is 0 Å². The maximum absolute atomic E-state index is 3.25. The Kier molecular flexibility index (Phi) is 4560. The topological polar surface area (TPSA) is 33.5 Å². The van der Waals surface area contributed by atoms with E-state index in [0.29, 0.717) is 0 Å². The predicted octanol–water partition coefficient (Wildman–Crippen LogP) is 3.69. The maximum atomic E-state index is 3.25. The molecule has 0 heterocycles. The molecule has 2 N–H and O–H groups in total. The van der Waals surface area contributed by atoms with Gasteiger partial charge in [0, 0.05) is 25.8 Å². The molecule has 0 aliphatic rings. The van der Waals surface area contributed by atoms with Crippen molar-refractivity contribution in [2.24, 2.45) is 0 Å². The molecule has 0 bridgehead atoms. The van der Waals surface area contributed by atoms with Crippen LogP contribution in [0.15, 0.2) is 0 Å².